The average Bonchev–Trinajstić information content (AvgIpc) is 3.13. The third-order valence-electron chi connectivity index (χ3n) is 3.36. The van der Waals surface area contributed by atoms with Crippen molar-refractivity contribution in [3.05, 3.63) is 66.1 Å². The van der Waals surface area contributed by atoms with Crippen LogP contribution in [0.3, 0.4) is 0 Å². The molecule has 1 aromatic heterocycles. The summed E-state index contributed by atoms with van der Waals surface area (Å²) in [5, 5.41) is 7.80. The Bertz CT molecular complexity index is 902. The zero-order chi connectivity index (χ0) is 18.5. The number of hydrogen-bond donors (Lipinski definition) is 0. The summed E-state index contributed by atoms with van der Waals surface area (Å²) in [6, 6.07) is 12.2. The number of thioether (sulfide) groups is 1. The number of hydrogen-bond acceptors (Lipinski definition) is 6. The average molecular weight is 376 g/mol. The van der Waals surface area contributed by atoms with E-state index in [9.17, 15) is 13.6 Å². The molecule has 0 N–H and O–H groups in total. The maximum absolute atomic E-state index is 13.5. The molecular formula is C18H14F2N2O3S. The second-order valence-electron chi connectivity index (χ2n) is 5.31. The number of rotatable bonds is 6. The van der Waals surface area contributed by atoms with Crippen molar-refractivity contribution in [3.63, 3.8) is 0 Å². The van der Waals surface area contributed by atoms with E-state index in [0.717, 1.165) is 35.5 Å². The predicted octanol–water partition coefficient (Wildman–Crippen LogP) is 4.41. The number of ether oxygens (including phenoxy) is 1. The summed E-state index contributed by atoms with van der Waals surface area (Å²) in [5.41, 5.74) is 0.752. The molecule has 1 heterocycles. The number of nitrogens with zero attached hydrogens (tertiary/aromatic N) is 2. The first kappa shape index (κ1) is 18.1. The molecule has 0 amide bonds. The molecule has 0 saturated heterocycles. The molecule has 1 atom stereocenters. The highest BCUT2D eigenvalue weighted by Crippen LogP contribution is 2.25. The van der Waals surface area contributed by atoms with Gasteiger partial charge in [-0.25, -0.2) is 8.78 Å². The summed E-state index contributed by atoms with van der Waals surface area (Å²) in [5.74, 6) is -1.48. The van der Waals surface area contributed by atoms with Crippen LogP contribution < -0.4 is 0 Å². The maximum Gasteiger partial charge on any atom is 0.317 e. The van der Waals surface area contributed by atoms with Gasteiger partial charge < -0.3 is 9.15 Å². The third kappa shape index (κ3) is 4.45. The number of carbonyl (C=O) groups is 1. The Kier molecular flexibility index (Phi) is 5.62. The van der Waals surface area contributed by atoms with Gasteiger partial charge in [0, 0.05) is 10.5 Å². The summed E-state index contributed by atoms with van der Waals surface area (Å²) < 4.78 is 37.4. The smallest absolute Gasteiger partial charge is 0.317 e. The lowest BCUT2D eigenvalue weighted by molar-refractivity contribution is -0.146. The topological polar surface area (TPSA) is 65.2 Å². The lowest BCUT2D eigenvalue weighted by Crippen LogP contribution is -2.11. The normalized spacial score (nSPS) is 12.0. The highest BCUT2D eigenvalue weighted by Gasteiger charge is 2.19. The molecule has 0 fully saturated rings. The first-order valence-corrected chi connectivity index (χ1v) is 8.67. The summed E-state index contributed by atoms with van der Waals surface area (Å²) >= 11 is 0.852. The van der Waals surface area contributed by atoms with E-state index in [1.165, 1.54) is 0 Å². The molecule has 0 bridgehead atoms. The minimum atomic E-state index is -0.759. The standard InChI is InChI=1S/C18H14F2N2O3S/c1-11(17-21-22-18(25-17)12-5-3-2-4-6-12)24-16(23)10-26-15-9-13(19)7-8-14(15)20/h2-9,11H,10H2,1H3/t11-/m0/s1. The zero-order valence-corrected chi connectivity index (χ0v) is 14.5. The largest absolute Gasteiger partial charge is 0.452 e. The van der Waals surface area contributed by atoms with Gasteiger partial charge in [0.2, 0.25) is 5.89 Å². The van der Waals surface area contributed by atoms with Gasteiger partial charge in [-0.1, -0.05) is 18.2 Å². The number of carbonyl (C=O) groups excluding carboxylic acids is 1. The van der Waals surface area contributed by atoms with Gasteiger partial charge in [0.05, 0.1) is 5.75 Å². The number of benzene rings is 2. The second-order valence-corrected chi connectivity index (χ2v) is 6.32. The Morgan fingerprint density at radius 2 is 1.96 bits per heavy atom. The van der Waals surface area contributed by atoms with Crippen LogP contribution in [0.4, 0.5) is 8.78 Å². The summed E-state index contributed by atoms with van der Waals surface area (Å²) in [7, 11) is 0. The molecule has 0 unspecified atom stereocenters. The fraction of sp³-hybridized carbons (Fsp3) is 0.167. The van der Waals surface area contributed by atoms with Gasteiger partial charge in [0.15, 0.2) is 6.10 Å². The van der Waals surface area contributed by atoms with Crippen LogP contribution in [0.5, 0.6) is 0 Å². The Balaban J connectivity index is 1.58. The van der Waals surface area contributed by atoms with E-state index >= 15 is 0 Å². The Morgan fingerprint density at radius 3 is 2.73 bits per heavy atom. The summed E-state index contributed by atoms with van der Waals surface area (Å²) in [4.78, 5) is 12.0. The molecule has 5 nitrogen and oxygen atoms in total. The van der Waals surface area contributed by atoms with Crippen molar-refractivity contribution in [1.82, 2.24) is 10.2 Å². The van der Waals surface area contributed by atoms with Crippen molar-refractivity contribution in [1.29, 1.82) is 0 Å². The van der Waals surface area contributed by atoms with Gasteiger partial charge in [0.25, 0.3) is 5.89 Å². The zero-order valence-electron chi connectivity index (χ0n) is 13.7. The highest BCUT2D eigenvalue weighted by molar-refractivity contribution is 8.00. The number of esters is 1. The summed E-state index contributed by atoms with van der Waals surface area (Å²) in [6.45, 7) is 1.59. The van der Waals surface area contributed by atoms with E-state index in [2.05, 4.69) is 10.2 Å². The minimum absolute atomic E-state index is 0.0405. The molecule has 26 heavy (non-hydrogen) atoms. The lowest BCUT2D eigenvalue weighted by Gasteiger charge is -2.09. The Labute approximate surface area is 152 Å². The maximum atomic E-state index is 13.5. The fourth-order valence-corrected chi connectivity index (χ4v) is 2.85. The molecular weight excluding hydrogens is 362 g/mol. The van der Waals surface area contributed by atoms with Crippen molar-refractivity contribution in [2.75, 3.05) is 5.75 Å². The number of aromatic nitrogens is 2. The van der Waals surface area contributed by atoms with Gasteiger partial charge in [-0.15, -0.1) is 22.0 Å². The van der Waals surface area contributed by atoms with Crippen LogP contribution in [0.25, 0.3) is 11.5 Å². The minimum Gasteiger partial charge on any atom is -0.452 e. The van der Waals surface area contributed by atoms with Crippen molar-refractivity contribution in [3.8, 4) is 11.5 Å². The van der Waals surface area contributed by atoms with E-state index < -0.39 is 23.7 Å². The van der Waals surface area contributed by atoms with Crippen LogP contribution in [0, 0.1) is 11.6 Å². The van der Waals surface area contributed by atoms with E-state index in [-0.39, 0.29) is 16.5 Å². The van der Waals surface area contributed by atoms with E-state index in [1.54, 1.807) is 6.92 Å². The first-order valence-electron chi connectivity index (χ1n) is 7.69. The van der Waals surface area contributed by atoms with E-state index in [0.29, 0.717) is 5.89 Å². The van der Waals surface area contributed by atoms with Crippen molar-refractivity contribution >= 4 is 17.7 Å². The Morgan fingerprint density at radius 1 is 1.19 bits per heavy atom. The molecule has 0 saturated carbocycles. The first-order chi connectivity index (χ1) is 12.5. The number of halogens is 2. The molecule has 0 spiro atoms. The molecule has 0 aliphatic rings. The SMILES string of the molecule is C[C@H](OC(=O)CSc1cc(F)ccc1F)c1nnc(-c2ccccc2)o1. The monoisotopic (exact) mass is 376 g/mol. The van der Waals surface area contributed by atoms with Gasteiger partial charge in [-0.3, -0.25) is 4.79 Å². The van der Waals surface area contributed by atoms with Crippen LogP contribution in [-0.4, -0.2) is 21.9 Å². The van der Waals surface area contributed by atoms with Gasteiger partial charge in [0.1, 0.15) is 11.6 Å². The van der Waals surface area contributed by atoms with Crippen LogP contribution in [-0.2, 0) is 9.53 Å². The van der Waals surface area contributed by atoms with Crippen LogP contribution in [0.2, 0.25) is 0 Å². The van der Waals surface area contributed by atoms with Gasteiger partial charge in [-0.2, -0.15) is 0 Å². The lowest BCUT2D eigenvalue weighted by atomic mass is 10.2. The van der Waals surface area contributed by atoms with Crippen LogP contribution in [0.15, 0.2) is 57.8 Å². The summed E-state index contributed by atoms with van der Waals surface area (Å²) in [6.07, 6.45) is -0.759. The molecule has 134 valence electrons. The Hall–Kier alpha value is -2.74. The van der Waals surface area contributed by atoms with E-state index in [4.69, 9.17) is 9.15 Å². The highest BCUT2D eigenvalue weighted by atomic mass is 32.2. The van der Waals surface area contributed by atoms with Gasteiger partial charge in [-0.05, 0) is 37.3 Å². The molecule has 3 aromatic rings. The molecule has 3 rings (SSSR count). The molecule has 8 heteroatoms. The quantitative estimate of drug-likeness (QED) is 0.469. The molecule has 0 aliphatic heterocycles. The molecule has 2 aromatic carbocycles. The third-order valence-corrected chi connectivity index (χ3v) is 4.36. The van der Waals surface area contributed by atoms with Gasteiger partial charge >= 0.3 is 5.97 Å². The van der Waals surface area contributed by atoms with Crippen molar-refractivity contribution in [2.24, 2.45) is 0 Å². The van der Waals surface area contributed by atoms with Crippen LogP contribution in [0.1, 0.15) is 18.9 Å². The molecule has 0 radical (unpaired) electrons. The van der Waals surface area contributed by atoms with Crippen molar-refractivity contribution < 1.29 is 22.7 Å². The van der Waals surface area contributed by atoms with Crippen molar-refractivity contribution in [2.45, 2.75) is 17.9 Å². The predicted molar refractivity (Wildman–Crippen MR) is 91.3 cm³/mol. The fourth-order valence-electron chi connectivity index (χ4n) is 2.10. The van der Waals surface area contributed by atoms with E-state index in [1.807, 2.05) is 30.3 Å². The second kappa shape index (κ2) is 8.09. The molecule has 0 aliphatic carbocycles. The van der Waals surface area contributed by atoms with Crippen LogP contribution >= 0.6 is 11.8 Å².